The van der Waals surface area contributed by atoms with Crippen LogP contribution in [0.5, 0.6) is 0 Å². The average molecular weight is 372 g/mol. The van der Waals surface area contributed by atoms with E-state index in [1.165, 1.54) is 43.4 Å². The minimum Gasteiger partial charge on any atom is -0.214 e. The lowest BCUT2D eigenvalue weighted by Gasteiger charge is -2.15. The largest absolute Gasteiger partial charge is 0.241 e. The Bertz CT molecular complexity index is 943. The van der Waals surface area contributed by atoms with Gasteiger partial charge in [0.05, 0.1) is 9.79 Å². The third-order valence-corrected chi connectivity index (χ3v) is 6.33. The molecule has 0 aliphatic heterocycles. The van der Waals surface area contributed by atoms with Gasteiger partial charge in [0.2, 0.25) is 20.0 Å². The zero-order chi connectivity index (χ0) is 18.0. The summed E-state index contributed by atoms with van der Waals surface area (Å²) >= 11 is 0. The molecular weight excluding hydrogens is 355 g/mol. The van der Waals surface area contributed by atoms with E-state index in [1.807, 2.05) is 0 Å². The van der Waals surface area contributed by atoms with Crippen molar-refractivity contribution >= 4 is 20.0 Å². The number of hydrogen-bond acceptors (Lipinski definition) is 4. The Balaban J connectivity index is 2.33. The monoisotopic (exact) mass is 372 g/mol. The van der Waals surface area contributed by atoms with Gasteiger partial charge in [-0.3, -0.25) is 0 Å². The molecule has 6 nitrogen and oxygen atoms in total. The van der Waals surface area contributed by atoms with Crippen LogP contribution in [0.1, 0.15) is 18.5 Å². The van der Waals surface area contributed by atoms with E-state index in [0.29, 0.717) is 5.56 Å². The van der Waals surface area contributed by atoms with Gasteiger partial charge in [-0.05, 0) is 49.9 Å². The summed E-state index contributed by atoms with van der Waals surface area (Å²) in [5.74, 6) is -0.472. The standard InChI is InChI=1S/C15H17FN2O4S2/c1-11(12-5-3-6-13(16)9-12)18-24(21,22)15-8-4-7-14(10-15)23(19,20)17-2/h3-11,17-18H,1-2H3/t11-/m1/s1. The second-order valence-corrected chi connectivity index (χ2v) is 8.68. The molecule has 24 heavy (non-hydrogen) atoms. The van der Waals surface area contributed by atoms with E-state index in [0.717, 1.165) is 6.07 Å². The van der Waals surface area contributed by atoms with Crippen LogP contribution < -0.4 is 9.44 Å². The summed E-state index contributed by atoms with van der Waals surface area (Å²) in [5, 5.41) is 0. The molecule has 0 radical (unpaired) electrons. The van der Waals surface area contributed by atoms with Gasteiger partial charge < -0.3 is 0 Å². The van der Waals surface area contributed by atoms with E-state index in [-0.39, 0.29) is 9.79 Å². The molecule has 0 unspecified atom stereocenters. The Labute approximate surface area is 140 Å². The molecule has 0 aliphatic carbocycles. The molecule has 0 saturated heterocycles. The van der Waals surface area contributed by atoms with Crippen molar-refractivity contribution < 1.29 is 21.2 Å². The number of halogens is 1. The van der Waals surface area contributed by atoms with Gasteiger partial charge >= 0.3 is 0 Å². The first-order chi connectivity index (χ1) is 11.2. The minimum absolute atomic E-state index is 0.161. The van der Waals surface area contributed by atoms with Crippen molar-refractivity contribution in [2.45, 2.75) is 22.8 Å². The van der Waals surface area contributed by atoms with Gasteiger partial charge in [-0.1, -0.05) is 18.2 Å². The second kappa shape index (κ2) is 6.98. The highest BCUT2D eigenvalue weighted by atomic mass is 32.2. The van der Waals surface area contributed by atoms with E-state index < -0.39 is 31.9 Å². The molecule has 9 heteroatoms. The molecule has 0 spiro atoms. The van der Waals surface area contributed by atoms with Crippen molar-refractivity contribution in [3.8, 4) is 0 Å². The van der Waals surface area contributed by atoms with E-state index in [9.17, 15) is 21.2 Å². The third kappa shape index (κ3) is 4.18. The zero-order valence-corrected chi connectivity index (χ0v) is 14.7. The van der Waals surface area contributed by atoms with Crippen LogP contribution in [0.25, 0.3) is 0 Å². The molecule has 0 amide bonds. The molecule has 0 saturated carbocycles. The zero-order valence-electron chi connectivity index (χ0n) is 13.0. The van der Waals surface area contributed by atoms with Gasteiger partial charge in [0, 0.05) is 6.04 Å². The van der Waals surface area contributed by atoms with Gasteiger partial charge in [-0.25, -0.2) is 30.7 Å². The first-order valence-corrected chi connectivity index (χ1v) is 9.94. The summed E-state index contributed by atoms with van der Waals surface area (Å²) in [5.41, 5.74) is 0.456. The maximum atomic E-state index is 13.3. The Morgan fingerprint density at radius 2 is 1.50 bits per heavy atom. The van der Waals surface area contributed by atoms with Crippen molar-refractivity contribution in [3.05, 3.63) is 59.9 Å². The summed E-state index contributed by atoms with van der Waals surface area (Å²) in [6, 6.07) is 9.86. The SMILES string of the molecule is CNS(=O)(=O)c1cccc(S(=O)(=O)N[C@H](C)c2cccc(F)c2)c1. The molecule has 2 aromatic carbocycles. The Hall–Kier alpha value is -1.81. The summed E-state index contributed by atoms with van der Waals surface area (Å²) in [4.78, 5) is -0.353. The average Bonchev–Trinajstić information content (AvgIpc) is 2.54. The molecule has 1 atom stereocenters. The van der Waals surface area contributed by atoms with Crippen LogP contribution in [-0.2, 0) is 20.0 Å². The maximum absolute atomic E-state index is 13.3. The first-order valence-electron chi connectivity index (χ1n) is 6.97. The van der Waals surface area contributed by atoms with E-state index in [2.05, 4.69) is 9.44 Å². The van der Waals surface area contributed by atoms with Gasteiger partial charge in [0.15, 0.2) is 0 Å². The summed E-state index contributed by atoms with van der Waals surface area (Å²) < 4.78 is 66.3. The minimum atomic E-state index is -3.98. The van der Waals surface area contributed by atoms with Crippen LogP contribution in [0.2, 0.25) is 0 Å². The van der Waals surface area contributed by atoms with Crippen LogP contribution in [0.3, 0.4) is 0 Å². The summed E-state index contributed by atoms with van der Waals surface area (Å²) in [7, 11) is -6.50. The Morgan fingerprint density at radius 1 is 0.917 bits per heavy atom. The normalized spacial score (nSPS) is 13.6. The van der Waals surface area contributed by atoms with E-state index >= 15 is 0 Å². The second-order valence-electron chi connectivity index (χ2n) is 5.08. The smallest absolute Gasteiger partial charge is 0.214 e. The molecule has 0 aliphatic rings. The quantitative estimate of drug-likeness (QED) is 0.808. The van der Waals surface area contributed by atoms with Crippen molar-refractivity contribution in [1.29, 1.82) is 0 Å². The highest BCUT2D eigenvalue weighted by Gasteiger charge is 2.21. The topological polar surface area (TPSA) is 92.3 Å². The number of benzene rings is 2. The maximum Gasteiger partial charge on any atom is 0.241 e. The predicted octanol–water partition coefficient (Wildman–Crippen LogP) is 1.77. The summed E-state index contributed by atoms with van der Waals surface area (Å²) in [6.45, 7) is 1.57. The fraction of sp³-hybridized carbons (Fsp3) is 0.200. The van der Waals surface area contributed by atoms with Gasteiger partial charge in [0.1, 0.15) is 5.82 Å². The molecular formula is C15H17FN2O4S2. The van der Waals surface area contributed by atoms with Gasteiger partial charge in [-0.15, -0.1) is 0 Å². The van der Waals surface area contributed by atoms with Crippen LogP contribution in [-0.4, -0.2) is 23.9 Å². The molecule has 130 valence electrons. The van der Waals surface area contributed by atoms with Gasteiger partial charge in [0.25, 0.3) is 0 Å². The molecule has 0 fully saturated rings. The number of sulfonamides is 2. The lowest BCUT2D eigenvalue weighted by molar-refractivity contribution is 0.564. The van der Waals surface area contributed by atoms with Crippen molar-refractivity contribution in [3.63, 3.8) is 0 Å². The fourth-order valence-corrected chi connectivity index (χ4v) is 4.20. The lowest BCUT2D eigenvalue weighted by Crippen LogP contribution is -2.27. The number of nitrogens with one attached hydrogen (secondary N) is 2. The van der Waals surface area contributed by atoms with Crippen molar-refractivity contribution in [1.82, 2.24) is 9.44 Å². The third-order valence-electron chi connectivity index (χ3n) is 3.38. The molecule has 0 heterocycles. The first kappa shape index (κ1) is 18.5. The van der Waals surface area contributed by atoms with E-state index in [1.54, 1.807) is 13.0 Å². The van der Waals surface area contributed by atoms with Crippen molar-refractivity contribution in [2.75, 3.05) is 7.05 Å². The number of hydrogen-bond donors (Lipinski definition) is 2. The van der Waals surface area contributed by atoms with Crippen LogP contribution in [0.15, 0.2) is 58.3 Å². The summed E-state index contributed by atoms with van der Waals surface area (Å²) in [6.07, 6.45) is 0. The van der Waals surface area contributed by atoms with E-state index in [4.69, 9.17) is 0 Å². The van der Waals surface area contributed by atoms with Crippen LogP contribution in [0, 0.1) is 5.82 Å². The molecule has 2 rings (SSSR count). The Kier molecular flexibility index (Phi) is 5.38. The Morgan fingerprint density at radius 3 is 2.08 bits per heavy atom. The van der Waals surface area contributed by atoms with Gasteiger partial charge in [-0.2, -0.15) is 0 Å². The molecule has 2 aromatic rings. The highest BCUT2D eigenvalue weighted by Crippen LogP contribution is 2.20. The van der Waals surface area contributed by atoms with Crippen LogP contribution >= 0.6 is 0 Å². The fourth-order valence-electron chi connectivity index (χ4n) is 2.07. The number of rotatable bonds is 6. The molecule has 0 aromatic heterocycles. The molecule has 0 bridgehead atoms. The molecule has 2 N–H and O–H groups in total. The highest BCUT2D eigenvalue weighted by molar-refractivity contribution is 7.90. The van der Waals surface area contributed by atoms with Crippen LogP contribution in [0.4, 0.5) is 4.39 Å². The predicted molar refractivity (Wildman–Crippen MR) is 87.8 cm³/mol. The lowest BCUT2D eigenvalue weighted by atomic mass is 10.1. The van der Waals surface area contributed by atoms with Crippen molar-refractivity contribution in [2.24, 2.45) is 0 Å².